The number of hydrogen-bond acceptors (Lipinski definition) is 3. The van der Waals surface area contributed by atoms with Crippen molar-refractivity contribution >= 4 is 5.65 Å². The van der Waals surface area contributed by atoms with Crippen molar-refractivity contribution in [2.45, 2.75) is 20.5 Å². The summed E-state index contributed by atoms with van der Waals surface area (Å²) in [6.07, 6.45) is 0. The lowest BCUT2D eigenvalue weighted by Crippen LogP contribution is -2.09. The van der Waals surface area contributed by atoms with Gasteiger partial charge >= 0.3 is 0 Å². The van der Waals surface area contributed by atoms with Crippen LogP contribution in [0.5, 0.6) is 0 Å². The van der Waals surface area contributed by atoms with Gasteiger partial charge in [0.25, 0.3) is 5.56 Å². The quantitative estimate of drug-likeness (QED) is 0.563. The summed E-state index contributed by atoms with van der Waals surface area (Å²) in [6.45, 7) is 4.83. The van der Waals surface area contributed by atoms with E-state index in [0.717, 1.165) is 22.4 Å². The highest BCUT2D eigenvalue weighted by atomic mass is 19.1. The number of halogens is 1. The van der Waals surface area contributed by atoms with Gasteiger partial charge in [-0.15, -0.1) is 0 Å². The van der Waals surface area contributed by atoms with Crippen LogP contribution in [-0.4, -0.2) is 21.2 Å². The molecule has 0 radical (unpaired) electrons. The first kappa shape index (κ1) is 18.1. The minimum atomic E-state index is -0.331. The van der Waals surface area contributed by atoms with E-state index in [0.29, 0.717) is 30.1 Å². The Kier molecular flexibility index (Phi) is 4.79. The molecule has 2 aromatic carbocycles. The van der Waals surface area contributed by atoms with Gasteiger partial charge in [-0.2, -0.15) is 5.10 Å². The van der Waals surface area contributed by atoms with Crippen molar-refractivity contribution in [3.8, 4) is 22.4 Å². The molecule has 0 atom stereocenters. The Morgan fingerprint density at radius 1 is 1.07 bits per heavy atom. The van der Waals surface area contributed by atoms with E-state index < -0.39 is 0 Å². The molecule has 0 aliphatic heterocycles. The summed E-state index contributed by atoms with van der Waals surface area (Å²) >= 11 is 0. The Morgan fingerprint density at radius 2 is 1.75 bits per heavy atom. The molecule has 0 saturated heterocycles. The smallest absolute Gasteiger partial charge is 0.251 e. The number of nitrogens with zero attached hydrogens (tertiary/aromatic N) is 2. The maximum absolute atomic E-state index is 13.4. The summed E-state index contributed by atoms with van der Waals surface area (Å²) in [5.41, 5.74) is 5.29. The molecule has 1 N–H and O–H groups in total. The highest BCUT2D eigenvalue weighted by Crippen LogP contribution is 2.30. The number of aromatic amines is 1. The lowest BCUT2D eigenvalue weighted by Gasteiger charge is -2.06. The molecule has 28 heavy (non-hydrogen) atoms. The van der Waals surface area contributed by atoms with Gasteiger partial charge in [-0.05, 0) is 43.7 Å². The van der Waals surface area contributed by atoms with E-state index in [1.54, 1.807) is 16.6 Å². The van der Waals surface area contributed by atoms with E-state index in [9.17, 15) is 9.18 Å². The molecule has 0 aliphatic carbocycles. The molecule has 0 saturated carbocycles. The number of rotatable bonds is 5. The molecule has 0 unspecified atom stereocenters. The number of aromatic nitrogens is 3. The zero-order valence-corrected chi connectivity index (χ0v) is 15.7. The number of hydrogen-bond donors (Lipinski definition) is 1. The van der Waals surface area contributed by atoms with Gasteiger partial charge in [0.15, 0.2) is 0 Å². The van der Waals surface area contributed by atoms with E-state index in [1.165, 1.54) is 18.2 Å². The summed E-state index contributed by atoms with van der Waals surface area (Å²) in [5, 5.41) is 4.72. The lowest BCUT2D eigenvalue weighted by molar-refractivity contribution is 0.131. The molecule has 0 bridgehead atoms. The third-order valence-electron chi connectivity index (χ3n) is 4.62. The van der Waals surface area contributed by atoms with Crippen LogP contribution in [0.1, 0.15) is 18.2 Å². The van der Waals surface area contributed by atoms with Gasteiger partial charge in [-0.25, -0.2) is 8.91 Å². The van der Waals surface area contributed by atoms with E-state index in [-0.39, 0.29) is 11.4 Å². The fourth-order valence-electron chi connectivity index (χ4n) is 3.24. The van der Waals surface area contributed by atoms with Crippen LogP contribution >= 0.6 is 0 Å². The van der Waals surface area contributed by atoms with E-state index in [2.05, 4.69) is 4.98 Å². The Balaban J connectivity index is 2.00. The molecular weight excluding hydrogens is 357 g/mol. The second-order valence-corrected chi connectivity index (χ2v) is 6.61. The summed E-state index contributed by atoms with van der Waals surface area (Å²) in [5.74, 6) is -0.331. The van der Waals surface area contributed by atoms with Crippen LogP contribution in [-0.2, 0) is 11.3 Å². The molecule has 2 aromatic heterocycles. The minimum Gasteiger partial charge on any atom is -0.375 e. The number of ether oxygens (including phenoxy) is 1. The van der Waals surface area contributed by atoms with Crippen molar-refractivity contribution < 1.29 is 9.13 Å². The molecule has 6 heteroatoms. The topological polar surface area (TPSA) is 59.4 Å². The van der Waals surface area contributed by atoms with Crippen molar-refractivity contribution in [1.82, 2.24) is 14.6 Å². The molecule has 0 aliphatic rings. The maximum Gasteiger partial charge on any atom is 0.251 e. The number of H-pyrrole nitrogens is 1. The molecule has 4 rings (SSSR count). The minimum absolute atomic E-state index is 0.247. The average molecular weight is 377 g/mol. The Labute approximate surface area is 161 Å². The van der Waals surface area contributed by atoms with Crippen molar-refractivity contribution in [3.05, 3.63) is 82.0 Å². The summed E-state index contributed by atoms with van der Waals surface area (Å²) in [4.78, 5) is 15.3. The normalized spacial score (nSPS) is 11.2. The summed E-state index contributed by atoms with van der Waals surface area (Å²) in [7, 11) is 0. The summed E-state index contributed by atoms with van der Waals surface area (Å²) in [6, 6.07) is 15.5. The monoisotopic (exact) mass is 377 g/mol. The number of fused-ring (bicyclic) bond motifs is 1. The number of aryl methyl sites for hydroxylation is 1. The Hall–Kier alpha value is -3.25. The van der Waals surface area contributed by atoms with Crippen LogP contribution in [0.3, 0.4) is 0 Å². The van der Waals surface area contributed by atoms with Gasteiger partial charge in [-0.3, -0.25) is 4.79 Å². The van der Waals surface area contributed by atoms with Crippen molar-refractivity contribution in [2.24, 2.45) is 0 Å². The van der Waals surface area contributed by atoms with Crippen LogP contribution in [0, 0.1) is 12.7 Å². The van der Waals surface area contributed by atoms with Crippen LogP contribution < -0.4 is 5.56 Å². The fraction of sp³-hybridized carbons (Fsp3) is 0.182. The van der Waals surface area contributed by atoms with Crippen LogP contribution in [0.4, 0.5) is 4.39 Å². The van der Waals surface area contributed by atoms with Gasteiger partial charge in [0.2, 0.25) is 0 Å². The predicted molar refractivity (Wildman–Crippen MR) is 107 cm³/mol. The fourth-order valence-corrected chi connectivity index (χ4v) is 3.24. The van der Waals surface area contributed by atoms with E-state index in [4.69, 9.17) is 9.84 Å². The van der Waals surface area contributed by atoms with Crippen LogP contribution in [0.15, 0.2) is 59.4 Å². The summed E-state index contributed by atoms with van der Waals surface area (Å²) < 4.78 is 20.7. The molecule has 0 amide bonds. The third kappa shape index (κ3) is 3.34. The van der Waals surface area contributed by atoms with Crippen LogP contribution in [0.25, 0.3) is 28.0 Å². The van der Waals surface area contributed by atoms with Gasteiger partial charge < -0.3 is 9.72 Å². The molecule has 0 fully saturated rings. The zero-order valence-electron chi connectivity index (χ0n) is 15.7. The number of benzene rings is 2. The van der Waals surface area contributed by atoms with Gasteiger partial charge in [-0.1, -0.05) is 29.8 Å². The van der Waals surface area contributed by atoms with Crippen molar-refractivity contribution in [1.29, 1.82) is 0 Å². The van der Waals surface area contributed by atoms with Gasteiger partial charge in [0.1, 0.15) is 11.5 Å². The maximum atomic E-state index is 13.4. The highest BCUT2D eigenvalue weighted by molar-refractivity contribution is 5.81. The van der Waals surface area contributed by atoms with Crippen molar-refractivity contribution in [3.63, 3.8) is 0 Å². The second-order valence-electron chi connectivity index (χ2n) is 6.61. The highest BCUT2D eigenvalue weighted by Gasteiger charge is 2.18. The molecule has 2 heterocycles. The first-order chi connectivity index (χ1) is 13.6. The Morgan fingerprint density at radius 3 is 2.43 bits per heavy atom. The van der Waals surface area contributed by atoms with Gasteiger partial charge in [0, 0.05) is 18.2 Å². The van der Waals surface area contributed by atoms with E-state index >= 15 is 0 Å². The molecule has 5 nitrogen and oxygen atoms in total. The first-order valence-corrected chi connectivity index (χ1v) is 9.12. The van der Waals surface area contributed by atoms with Crippen molar-refractivity contribution in [2.75, 3.05) is 6.61 Å². The predicted octanol–water partition coefficient (Wildman–Crippen LogP) is 4.34. The second kappa shape index (κ2) is 7.40. The number of nitrogens with one attached hydrogen (secondary N) is 1. The molecule has 142 valence electrons. The molecule has 0 spiro atoms. The van der Waals surface area contributed by atoms with E-state index in [1.807, 2.05) is 38.1 Å². The standard InChI is InChI=1S/C22H20FN3O2/c1-3-28-13-18-21(16-6-4-14(2)5-7-16)22-24-20(27)12-19(26(22)25-18)15-8-10-17(23)11-9-15/h4-12H,3,13H2,1-2H3,(H,24,27). The molecule has 4 aromatic rings. The Bertz CT molecular complexity index is 1180. The average Bonchev–Trinajstić information content (AvgIpc) is 3.05. The SMILES string of the molecule is CCOCc1nn2c(-c3ccc(F)cc3)cc(=O)[nH]c2c1-c1ccc(C)cc1. The van der Waals surface area contributed by atoms with Crippen LogP contribution in [0.2, 0.25) is 0 Å². The third-order valence-corrected chi connectivity index (χ3v) is 4.62. The lowest BCUT2D eigenvalue weighted by atomic mass is 10.0. The largest absolute Gasteiger partial charge is 0.375 e. The molecular formula is C22H20FN3O2. The zero-order chi connectivity index (χ0) is 19.7. The first-order valence-electron chi connectivity index (χ1n) is 9.12. The van der Waals surface area contributed by atoms with Gasteiger partial charge in [0.05, 0.1) is 23.6 Å².